The summed E-state index contributed by atoms with van der Waals surface area (Å²) in [5, 5.41) is 8.51. The van der Waals surface area contributed by atoms with Gasteiger partial charge in [-0.05, 0) is 12.3 Å². The SMILES string of the molecule is CCCCC(C)CCCCCOCCOCCOCCO. The van der Waals surface area contributed by atoms with E-state index in [9.17, 15) is 0 Å². The molecular formula is C17H36O4. The molecule has 1 N–H and O–H groups in total. The first-order chi connectivity index (χ1) is 10.3. The van der Waals surface area contributed by atoms with Gasteiger partial charge in [-0.15, -0.1) is 0 Å². The summed E-state index contributed by atoms with van der Waals surface area (Å²) in [5.74, 6) is 0.882. The van der Waals surface area contributed by atoms with E-state index in [0.717, 1.165) is 18.9 Å². The molecule has 0 aliphatic carbocycles. The Kier molecular flexibility index (Phi) is 17.8. The summed E-state index contributed by atoms with van der Waals surface area (Å²) in [4.78, 5) is 0. The van der Waals surface area contributed by atoms with Gasteiger partial charge in [0.1, 0.15) is 0 Å². The van der Waals surface area contributed by atoms with Crippen molar-refractivity contribution < 1.29 is 19.3 Å². The first kappa shape index (κ1) is 20.8. The molecule has 0 amide bonds. The number of ether oxygens (including phenoxy) is 3. The van der Waals surface area contributed by atoms with Crippen molar-refractivity contribution in [1.82, 2.24) is 0 Å². The van der Waals surface area contributed by atoms with Crippen LogP contribution in [-0.4, -0.2) is 51.4 Å². The molecule has 4 nitrogen and oxygen atoms in total. The summed E-state index contributed by atoms with van der Waals surface area (Å²) >= 11 is 0. The minimum atomic E-state index is 0.0699. The van der Waals surface area contributed by atoms with Gasteiger partial charge in [-0.2, -0.15) is 0 Å². The van der Waals surface area contributed by atoms with E-state index in [2.05, 4.69) is 13.8 Å². The maximum atomic E-state index is 8.51. The minimum Gasteiger partial charge on any atom is -0.394 e. The van der Waals surface area contributed by atoms with Crippen molar-refractivity contribution in [2.75, 3.05) is 46.2 Å². The lowest BCUT2D eigenvalue weighted by Gasteiger charge is -2.10. The fourth-order valence-electron chi connectivity index (χ4n) is 2.18. The molecule has 0 saturated heterocycles. The van der Waals surface area contributed by atoms with Crippen LogP contribution in [0.25, 0.3) is 0 Å². The van der Waals surface area contributed by atoms with E-state index in [0.29, 0.717) is 33.0 Å². The zero-order valence-corrected chi connectivity index (χ0v) is 14.1. The van der Waals surface area contributed by atoms with Crippen molar-refractivity contribution in [3.63, 3.8) is 0 Å². The van der Waals surface area contributed by atoms with Crippen molar-refractivity contribution in [3.8, 4) is 0 Å². The Bertz CT molecular complexity index is 188. The predicted molar refractivity (Wildman–Crippen MR) is 86.7 cm³/mol. The van der Waals surface area contributed by atoms with Crippen LogP contribution in [0.15, 0.2) is 0 Å². The number of hydrogen-bond acceptors (Lipinski definition) is 4. The van der Waals surface area contributed by atoms with Crippen LogP contribution in [0.2, 0.25) is 0 Å². The van der Waals surface area contributed by atoms with Crippen LogP contribution >= 0.6 is 0 Å². The molecule has 0 spiro atoms. The zero-order valence-electron chi connectivity index (χ0n) is 14.1. The Hall–Kier alpha value is -0.160. The lowest BCUT2D eigenvalue weighted by Crippen LogP contribution is -2.11. The summed E-state index contributed by atoms with van der Waals surface area (Å²) in [6.07, 6.45) is 9.17. The number of hydrogen-bond donors (Lipinski definition) is 1. The molecule has 0 heterocycles. The van der Waals surface area contributed by atoms with E-state index >= 15 is 0 Å². The quantitative estimate of drug-likeness (QED) is 0.418. The maximum absolute atomic E-state index is 8.51. The lowest BCUT2D eigenvalue weighted by atomic mass is 9.98. The number of rotatable bonds is 17. The van der Waals surface area contributed by atoms with Crippen LogP contribution in [0.1, 0.15) is 58.8 Å². The Labute approximate surface area is 131 Å². The molecule has 0 fully saturated rings. The van der Waals surface area contributed by atoms with Crippen molar-refractivity contribution in [2.45, 2.75) is 58.8 Å². The number of aliphatic hydroxyl groups is 1. The van der Waals surface area contributed by atoms with E-state index in [1.807, 2.05) is 0 Å². The first-order valence-corrected chi connectivity index (χ1v) is 8.65. The molecule has 0 radical (unpaired) electrons. The predicted octanol–water partition coefficient (Wildman–Crippen LogP) is 3.42. The van der Waals surface area contributed by atoms with Gasteiger partial charge in [0.15, 0.2) is 0 Å². The van der Waals surface area contributed by atoms with Crippen molar-refractivity contribution in [2.24, 2.45) is 5.92 Å². The molecule has 0 aromatic heterocycles. The molecule has 0 aromatic rings. The van der Waals surface area contributed by atoms with Gasteiger partial charge in [0, 0.05) is 6.61 Å². The standard InChI is InChI=1S/C17H36O4/c1-3-4-8-17(2)9-6-5-7-11-19-13-15-21-16-14-20-12-10-18/h17-18H,3-16H2,1-2H3. The molecule has 21 heavy (non-hydrogen) atoms. The first-order valence-electron chi connectivity index (χ1n) is 8.65. The third kappa shape index (κ3) is 17.8. The largest absolute Gasteiger partial charge is 0.394 e. The van der Waals surface area contributed by atoms with Gasteiger partial charge in [0.05, 0.1) is 39.6 Å². The Morgan fingerprint density at radius 3 is 1.90 bits per heavy atom. The Morgan fingerprint density at radius 1 is 0.714 bits per heavy atom. The molecule has 0 aromatic carbocycles. The molecule has 1 unspecified atom stereocenters. The molecule has 0 bridgehead atoms. The third-order valence-corrected chi connectivity index (χ3v) is 3.52. The van der Waals surface area contributed by atoms with Crippen LogP contribution in [0, 0.1) is 5.92 Å². The highest BCUT2D eigenvalue weighted by atomic mass is 16.5. The average molecular weight is 304 g/mol. The average Bonchev–Trinajstić information content (AvgIpc) is 2.49. The second-order valence-corrected chi connectivity index (χ2v) is 5.66. The summed E-state index contributed by atoms with van der Waals surface area (Å²) in [5.41, 5.74) is 0. The molecule has 0 rings (SSSR count). The van der Waals surface area contributed by atoms with Gasteiger partial charge in [-0.25, -0.2) is 0 Å². The topological polar surface area (TPSA) is 47.9 Å². The molecule has 0 aliphatic heterocycles. The minimum absolute atomic E-state index is 0.0699. The molecular weight excluding hydrogens is 268 g/mol. The van der Waals surface area contributed by atoms with Gasteiger partial charge in [0.25, 0.3) is 0 Å². The van der Waals surface area contributed by atoms with E-state index < -0.39 is 0 Å². The van der Waals surface area contributed by atoms with Gasteiger partial charge in [0.2, 0.25) is 0 Å². The molecule has 4 heteroatoms. The van der Waals surface area contributed by atoms with Crippen molar-refractivity contribution in [3.05, 3.63) is 0 Å². The second-order valence-electron chi connectivity index (χ2n) is 5.66. The van der Waals surface area contributed by atoms with E-state index in [1.165, 1.54) is 38.5 Å². The monoisotopic (exact) mass is 304 g/mol. The van der Waals surface area contributed by atoms with E-state index in [1.54, 1.807) is 0 Å². The molecule has 1 atom stereocenters. The van der Waals surface area contributed by atoms with Crippen LogP contribution in [0.5, 0.6) is 0 Å². The van der Waals surface area contributed by atoms with Crippen LogP contribution in [0.4, 0.5) is 0 Å². The number of unbranched alkanes of at least 4 members (excludes halogenated alkanes) is 3. The lowest BCUT2D eigenvalue weighted by molar-refractivity contribution is 0.00717. The van der Waals surface area contributed by atoms with Crippen LogP contribution in [-0.2, 0) is 14.2 Å². The number of aliphatic hydroxyl groups excluding tert-OH is 1. The van der Waals surface area contributed by atoms with Gasteiger partial charge in [-0.1, -0.05) is 52.4 Å². The maximum Gasteiger partial charge on any atom is 0.0701 e. The van der Waals surface area contributed by atoms with Crippen molar-refractivity contribution >= 4 is 0 Å². The molecule has 128 valence electrons. The molecule has 0 aliphatic rings. The summed E-state index contributed by atoms with van der Waals surface area (Å²) in [6.45, 7) is 8.31. The fourth-order valence-corrected chi connectivity index (χ4v) is 2.18. The van der Waals surface area contributed by atoms with Gasteiger partial charge < -0.3 is 19.3 Å². The Morgan fingerprint density at radius 2 is 1.29 bits per heavy atom. The normalized spacial score (nSPS) is 12.7. The summed E-state index contributed by atoms with van der Waals surface area (Å²) in [7, 11) is 0. The Balaban J connectivity index is 3.02. The van der Waals surface area contributed by atoms with E-state index in [4.69, 9.17) is 19.3 Å². The summed E-state index contributed by atoms with van der Waals surface area (Å²) < 4.78 is 16.0. The molecule has 0 saturated carbocycles. The van der Waals surface area contributed by atoms with Gasteiger partial charge >= 0.3 is 0 Å². The highest BCUT2D eigenvalue weighted by Gasteiger charge is 2.01. The third-order valence-electron chi connectivity index (χ3n) is 3.52. The fraction of sp³-hybridized carbons (Fsp3) is 1.00. The second kappa shape index (κ2) is 17.9. The van der Waals surface area contributed by atoms with Gasteiger partial charge in [-0.3, -0.25) is 0 Å². The highest BCUT2D eigenvalue weighted by molar-refractivity contribution is 4.54. The van der Waals surface area contributed by atoms with Crippen molar-refractivity contribution in [1.29, 1.82) is 0 Å². The summed E-state index contributed by atoms with van der Waals surface area (Å²) in [6, 6.07) is 0. The smallest absolute Gasteiger partial charge is 0.0701 e. The highest BCUT2D eigenvalue weighted by Crippen LogP contribution is 2.15. The van der Waals surface area contributed by atoms with Crippen LogP contribution in [0.3, 0.4) is 0 Å². The van der Waals surface area contributed by atoms with Crippen LogP contribution < -0.4 is 0 Å². The van der Waals surface area contributed by atoms with E-state index in [-0.39, 0.29) is 6.61 Å². The zero-order chi connectivity index (χ0) is 15.6.